The Bertz CT molecular complexity index is 699. The first-order valence-corrected chi connectivity index (χ1v) is 6.86. The lowest BCUT2D eigenvalue weighted by Crippen LogP contribution is -2.33. The minimum absolute atomic E-state index is 0.222. The van der Waals surface area contributed by atoms with Crippen molar-refractivity contribution < 1.29 is 9.50 Å². The zero-order valence-corrected chi connectivity index (χ0v) is 11.6. The molecule has 0 aliphatic carbocycles. The van der Waals surface area contributed by atoms with Gasteiger partial charge in [-0.25, -0.2) is 9.37 Å². The average molecular weight is 285 g/mol. The second-order valence-electron chi connectivity index (χ2n) is 5.06. The van der Waals surface area contributed by atoms with Crippen LogP contribution in [0.2, 0.25) is 0 Å². The Balaban J connectivity index is 1.75. The van der Waals surface area contributed by atoms with E-state index in [1.165, 1.54) is 12.1 Å². The maximum Gasteiger partial charge on any atom is 0.124 e. The monoisotopic (exact) mass is 285 g/mol. The summed E-state index contributed by atoms with van der Waals surface area (Å²) in [6.07, 6.45) is 3.79. The molecule has 2 aromatic rings. The normalized spacial score (nSPS) is 14.4. The number of halogens is 1. The summed E-state index contributed by atoms with van der Waals surface area (Å²) in [6.45, 7) is 3.03. The van der Waals surface area contributed by atoms with E-state index in [1.807, 2.05) is 18.5 Å². The van der Waals surface area contributed by atoms with Gasteiger partial charge in [0.2, 0.25) is 0 Å². The molecular weight excluding hydrogens is 269 g/mol. The Kier molecular flexibility index (Phi) is 4.00. The van der Waals surface area contributed by atoms with Crippen molar-refractivity contribution in [1.29, 1.82) is 0 Å². The van der Waals surface area contributed by atoms with Crippen LogP contribution in [0.25, 0.3) is 0 Å². The molecular formula is C16H16FN3O. The molecule has 3 rings (SSSR count). The molecule has 4 nitrogen and oxygen atoms in total. The molecule has 108 valence electrons. The largest absolute Gasteiger partial charge is 0.384 e. The van der Waals surface area contributed by atoms with Crippen molar-refractivity contribution in [3.8, 4) is 11.8 Å². The quantitative estimate of drug-likeness (QED) is 0.848. The fourth-order valence-corrected chi connectivity index (χ4v) is 2.57. The summed E-state index contributed by atoms with van der Waals surface area (Å²) in [5, 5.41) is 8.71. The summed E-state index contributed by atoms with van der Waals surface area (Å²) in [5.41, 5.74) is 1.48. The number of aliphatic hydroxyl groups is 1. The van der Waals surface area contributed by atoms with Crippen LogP contribution in [0.5, 0.6) is 0 Å². The number of aromatic nitrogens is 2. The molecule has 0 saturated heterocycles. The van der Waals surface area contributed by atoms with Gasteiger partial charge in [0.15, 0.2) is 0 Å². The summed E-state index contributed by atoms with van der Waals surface area (Å²) < 4.78 is 15.8. The van der Waals surface area contributed by atoms with Gasteiger partial charge in [0.25, 0.3) is 0 Å². The zero-order valence-electron chi connectivity index (χ0n) is 11.6. The van der Waals surface area contributed by atoms with Gasteiger partial charge in [0.05, 0.1) is 6.54 Å². The number of imidazole rings is 1. The third-order valence-electron chi connectivity index (χ3n) is 3.50. The predicted molar refractivity (Wildman–Crippen MR) is 76.7 cm³/mol. The van der Waals surface area contributed by atoms with Crippen LogP contribution in [-0.4, -0.2) is 32.7 Å². The van der Waals surface area contributed by atoms with Crippen LogP contribution in [0.15, 0.2) is 30.6 Å². The Morgan fingerprint density at radius 1 is 1.29 bits per heavy atom. The lowest BCUT2D eigenvalue weighted by Gasteiger charge is -2.27. The highest BCUT2D eigenvalue weighted by Gasteiger charge is 2.16. The molecule has 0 spiro atoms. The molecule has 0 amide bonds. The van der Waals surface area contributed by atoms with E-state index in [-0.39, 0.29) is 12.4 Å². The molecule has 1 aromatic heterocycles. The number of hydrogen-bond acceptors (Lipinski definition) is 3. The smallest absolute Gasteiger partial charge is 0.124 e. The van der Waals surface area contributed by atoms with Crippen LogP contribution >= 0.6 is 0 Å². The van der Waals surface area contributed by atoms with Gasteiger partial charge in [0.1, 0.15) is 18.2 Å². The minimum Gasteiger partial charge on any atom is -0.384 e. The molecule has 0 unspecified atom stereocenters. The maximum atomic E-state index is 13.6. The van der Waals surface area contributed by atoms with E-state index in [9.17, 15) is 4.39 Å². The van der Waals surface area contributed by atoms with Crippen LogP contribution in [0.3, 0.4) is 0 Å². The van der Waals surface area contributed by atoms with Crippen molar-refractivity contribution in [2.24, 2.45) is 0 Å². The van der Waals surface area contributed by atoms with Crippen molar-refractivity contribution in [2.75, 3.05) is 13.2 Å². The van der Waals surface area contributed by atoms with Crippen LogP contribution in [0.1, 0.15) is 17.0 Å². The average Bonchev–Trinajstić information content (AvgIpc) is 2.92. The van der Waals surface area contributed by atoms with E-state index < -0.39 is 0 Å². The second kappa shape index (κ2) is 6.08. The number of benzene rings is 1. The fraction of sp³-hybridized carbons (Fsp3) is 0.312. The van der Waals surface area contributed by atoms with Gasteiger partial charge in [-0.15, -0.1) is 0 Å². The molecule has 1 aromatic carbocycles. The maximum absolute atomic E-state index is 13.6. The van der Waals surface area contributed by atoms with Crippen LogP contribution < -0.4 is 0 Å². The Morgan fingerprint density at radius 3 is 3.05 bits per heavy atom. The number of hydrogen-bond donors (Lipinski definition) is 1. The molecule has 0 radical (unpaired) electrons. The Hall–Kier alpha value is -2.16. The molecule has 0 fully saturated rings. The van der Waals surface area contributed by atoms with Crippen LogP contribution in [0, 0.1) is 17.7 Å². The standard InChI is InChI=1S/C16H16FN3O/c17-15-9-13(2-1-7-21)8-14(10-15)11-19-5-6-20-4-3-18-16(20)12-19/h3-4,8-10,21H,5-7,11-12H2. The van der Waals surface area contributed by atoms with Gasteiger partial charge in [-0.3, -0.25) is 4.90 Å². The first kappa shape index (κ1) is 13.8. The number of fused-ring (bicyclic) bond motifs is 1. The fourth-order valence-electron chi connectivity index (χ4n) is 2.57. The lowest BCUT2D eigenvalue weighted by atomic mass is 10.1. The van der Waals surface area contributed by atoms with E-state index in [4.69, 9.17) is 5.11 Å². The molecule has 1 aliphatic rings. The summed E-state index contributed by atoms with van der Waals surface area (Å²) in [7, 11) is 0. The molecule has 0 saturated carbocycles. The molecule has 2 heterocycles. The van der Waals surface area contributed by atoms with E-state index >= 15 is 0 Å². The highest BCUT2D eigenvalue weighted by Crippen LogP contribution is 2.16. The second-order valence-corrected chi connectivity index (χ2v) is 5.06. The van der Waals surface area contributed by atoms with Gasteiger partial charge in [-0.05, 0) is 23.8 Å². The van der Waals surface area contributed by atoms with Gasteiger partial charge in [-0.2, -0.15) is 0 Å². The summed E-state index contributed by atoms with van der Waals surface area (Å²) in [5.74, 6) is 6.04. The number of aliphatic hydroxyl groups excluding tert-OH is 1. The third-order valence-corrected chi connectivity index (χ3v) is 3.50. The van der Waals surface area contributed by atoms with E-state index in [0.29, 0.717) is 12.1 Å². The van der Waals surface area contributed by atoms with Crippen molar-refractivity contribution in [2.45, 2.75) is 19.6 Å². The zero-order chi connectivity index (χ0) is 14.7. The molecule has 5 heteroatoms. The first-order chi connectivity index (χ1) is 10.2. The van der Waals surface area contributed by atoms with Crippen molar-refractivity contribution in [1.82, 2.24) is 14.5 Å². The predicted octanol–water partition coefficient (Wildman–Crippen LogP) is 1.38. The minimum atomic E-state index is -0.298. The third kappa shape index (κ3) is 3.30. The molecule has 1 N–H and O–H groups in total. The molecule has 21 heavy (non-hydrogen) atoms. The molecule has 1 aliphatic heterocycles. The molecule has 0 bridgehead atoms. The number of rotatable bonds is 2. The lowest BCUT2D eigenvalue weighted by molar-refractivity contribution is 0.208. The SMILES string of the molecule is OCC#Cc1cc(F)cc(CN2CCn3ccnc3C2)c1. The van der Waals surface area contributed by atoms with Gasteiger partial charge >= 0.3 is 0 Å². The highest BCUT2D eigenvalue weighted by atomic mass is 19.1. The summed E-state index contributed by atoms with van der Waals surface area (Å²) in [6, 6.07) is 4.78. The summed E-state index contributed by atoms with van der Waals surface area (Å²) in [4.78, 5) is 6.56. The van der Waals surface area contributed by atoms with Crippen molar-refractivity contribution >= 4 is 0 Å². The van der Waals surface area contributed by atoms with Gasteiger partial charge < -0.3 is 9.67 Å². The number of nitrogens with zero attached hydrogens (tertiary/aromatic N) is 3. The summed E-state index contributed by atoms with van der Waals surface area (Å²) >= 11 is 0. The Labute approximate surface area is 122 Å². The van der Waals surface area contributed by atoms with Crippen LogP contribution in [-0.2, 0) is 19.6 Å². The van der Waals surface area contributed by atoms with Crippen LogP contribution in [0.4, 0.5) is 4.39 Å². The molecule has 0 atom stereocenters. The first-order valence-electron chi connectivity index (χ1n) is 6.86. The van der Waals surface area contributed by atoms with E-state index in [1.54, 1.807) is 0 Å². The van der Waals surface area contributed by atoms with Crippen molar-refractivity contribution in [3.63, 3.8) is 0 Å². The van der Waals surface area contributed by atoms with E-state index in [2.05, 4.69) is 26.3 Å². The van der Waals surface area contributed by atoms with Gasteiger partial charge in [0, 0.05) is 37.6 Å². The van der Waals surface area contributed by atoms with Crippen molar-refractivity contribution in [3.05, 3.63) is 53.4 Å². The highest BCUT2D eigenvalue weighted by molar-refractivity contribution is 5.37. The van der Waals surface area contributed by atoms with Gasteiger partial charge in [-0.1, -0.05) is 11.8 Å². The topological polar surface area (TPSA) is 41.3 Å². The Morgan fingerprint density at radius 2 is 2.19 bits per heavy atom. The van der Waals surface area contributed by atoms with E-state index in [0.717, 1.165) is 31.0 Å².